The molecule has 0 spiro atoms. The minimum atomic E-state index is -3.03. The third-order valence-corrected chi connectivity index (χ3v) is 2.35. The fourth-order valence-corrected chi connectivity index (χ4v) is 1.91. The molecular formula is C4H12N2O3S. The van der Waals surface area contributed by atoms with Crippen molar-refractivity contribution < 1.29 is 14.2 Å². The van der Waals surface area contributed by atoms with Gasteiger partial charge < -0.3 is 10.4 Å². The van der Waals surface area contributed by atoms with Gasteiger partial charge in [0.05, 0.1) is 5.75 Å². The molecule has 0 saturated carbocycles. The predicted octanol–water partition coefficient (Wildman–Crippen LogP) is -1.06. The first-order chi connectivity index (χ1) is 4.41. The minimum Gasteiger partial charge on any atom is -0.386 e. The van der Waals surface area contributed by atoms with Gasteiger partial charge in [0.25, 0.3) is 0 Å². The lowest BCUT2D eigenvalue weighted by Gasteiger charge is -2.42. The van der Waals surface area contributed by atoms with Gasteiger partial charge in [-0.3, -0.25) is 9.11 Å². The van der Waals surface area contributed by atoms with Crippen LogP contribution in [0.1, 0.15) is 0 Å². The number of hydrogen-bond acceptors (Lipinski definition) is 5. The van der Waals surface area contributed by atoms with Crippen LogP contribution < -0.4 is 10.5 Å². The molecule has 0 aromatic carbocycles. The molecule has 0 aliphatic carbocycles. The van der Waals surface area contributed by atoms with Crippen molar-refractivity contribution in [1.82, 2.24) is 5.32 Å². The maximum Gasteiger partial charge on any atom is 0.108 e. The van der Waals surface area contributed by atoms with Gasteiger partial charge in [-0.15, -0.1) is 10.8 Å². The molecule has 5 nitrogen and oxygen atoms in total. The Kier molecular flexibility index (Phi) is 1.92. The fourth-order valence-electron chi connectivity index (χ4n) is 0.911. The summed E-state index contributed by atoms with van der Waals surface area (Å²) in [5.74, 6) is -0.132. The van der Waals surface area contributed by atoms with E-state index < -0.39 is 16.4 Å². The largest absolute Gasteiger partial charge is 0.386 e. The van der Waals surface area contributed by atoms with Gasteiger partial charge >= 0.3 is 0 Å². The number of aliphatic hydroxyl groups is 1. The summed E-state index contributed by atoms with van der Waals surface area (Å²) < 4.78 is 17.5. The first-order valence-electron chi connectivity index (χ1n) is 2.88. The second-order valence-electron chi connectivity index (χ2n) is 2.69. The summed E-state index contributed by atoms with van der Waals surface area (Å²) in [5, 5.41) is 17.1. The molecule has 0 radical (unpaired) electrons. The number of nitrogens with one attached hydrogen (secondary N) is 1. The van der Waals surface area contributed by atoms with Crippen molar-refractivity contribution in [2.24, 2.45) is 5.14 Å². The molecule has 1 rings (SSSR count). The van der Waals surface area contributed by atoms with Crippen molar-refractivity contribution in [3.63, 3.8) is 0 Å². The second-order valence-corrected chi connectivity index (χ2v) is 4.41. The van der Waals surface area contributed by atoms with Crippen molar-refractivity contribution >= 4 is 10.8 Å². The topological polar surface area (TPSA) is 98.7 Å². The van der Waals surface area contributed by atoms with E-state index in [0.29, 0.717) is 13.1 Å². The van der Waals surface area contributed by atoms with Crippen LogP contribution in [0, 0.1) is 0 Å². The molecule has 0 amide bonds. The SMILES string of the molecule is NS(O)(O)CC1(O)CNC1. The van der Waals surface area contributed by atoms with Gasteiger partial charge in [-0.25, -0.2) is 5.14 Å². The van der Waals surface area contributed by atoms with Crippen LogP contribution in [0.25, 0.3) is 0 Å². The highest BCUT2D eigenvalue weighted by molar-refractivity contribution is 8.22. The molecule has 10 heavy (non-hydrogen) atoms. The van der Waals surface area contributed by atoms with E-state index in [1.54, 1.807) is 0 Å². The van der Waals surface area contributed by atoms with Crippen molar-refractivity contribution in [3.05, 3.63) is 0 Å². The van der Waals surface area contributed by atoms with Gasteiger partial charge in [0.2, 0.25) is 0 Å². The Morgan fingerprint density at radius 2 is 2.00 bits per heavy atom. The Bertz CT molecular complexity index is 131. The van der Waals surface area contributed by atoms with Crippen LogP contribution in [0.2, 0.25) is 0 Å². The van der Waals surface area contributed by atoms with Crippen LogP contribution in [0.4, 0.5) is 0 Å². The average Bonchev–Trinajstić information content (AvgIpc) is 1.57. The number of hydrogen-bond donors (Lipinski definition) is 5. The zero-order valence-electron chi connectivity index (χ0n) is 5.45. The smallest absolute Gasteiger partial charge is 0.108 e. The number of β-amino-alcohol motifs (C(OH)–C–C–N with tert-alkyl or cyclic N) is 1. The molecule has 6 heteroatoms. The van der Waals surface area contributed by atoms with Crippen molar-refractivity contribution in [2.45, 2.75) is 5.60 Å². The second kappa shape index (κ2) is 2.33. The van der Waals surface area contributed by atoms with Gasteiger partial charge in [-0.2, -0.15) is 0 Å². The molecule has 1 saturated heterocycles. The van der Waals surface area contributed by atoms with Gasteiger partial charge in [-0.05, 0) is 0 Å². The maximum absolute atomic E-state index is 9.30. The first kappa shape index (κ1) is 8.25. The molecule has 6 N–H and O–H groups in total. The summed E-state index contributed by atoms with van der Waals surface area (Å²) in [6, 6.07) is 0. The lowest BCUT2D eigenvalue weighted by molar-refractivity contribution is 0.0105. The molecular weight excluding hydrogens is 156 g/mol. The van der Waals surface area contributed by atoms with Gasteiger partial charge in [0.15, 0.2) is 0 Å². The molecule has 1 aliphatic rings. The first-order valence-corrected chi connectivity index (χ1v) is 4.66. The van der Waals surface area contributed by atoms with E-state index in [9.17, 15) is 5.11 Å². The minimum absolute atomic E-state index is 0.132. The third kappa shape index (κ3) is 2.08. The van der Waals surface area contributed by atoms with E-state index in [1.807, 2.05) is 0 Å². The van der Waals surface area contributed by atoms with E-state index in [1.165, 1.54) is 0 Å². The highest BCUT2D eigenvalue weighted by Crippen LogP contribution is 2.33. The summed E-state index contributed by atoms with van der Waals surface area (Å²) in [5.41, 5.74) is -0.992. The lowest BCUT2D eigenvalue weighted by atomic mass is 10.0. The monoisotopic (exact) mass is 168 g/mol. The highest BCUT2D eigenvalue weighted by atomic mass is 32.3. The molecule has 0 bridgehead atoms. The van der Waals surface area contributed by atoms with Crippen LogP contribution in [0.3, 0.4) is 0 Å². The Morgan fingerprint density at radius 1 is 1.50 bits per heavy atom. The lowest BCUT2D eigenvalue weighted by Crippen LogP contribution is -2.62. The summed E-state index contributed by atoms with van der Waals surface area (Å²) in [6.07, 6.45) is 0. The normalized spacial score (nSPS) is 25.6. The van der Waals surface area contributed by atoms with Crippen molar-refractivity contribution in [1.29, 1.82) is 0 Å². The van der Waals surface area contributed by atoms with Crippen LogP contribution in [0.5, 0.6) is 0 Å². The Morgan fingerprint density at radius 3 is 2.10 bits per heavy atom. The molecule has 0 unspecified atom stereocenters. The van der Waals surface area contributed by atoms with E-state index >= 15 is 0 Å². The molecule has 0 atom stereocenters. The van der Waals surface area contributed by atoms with Gasteiger partial charge in [-0.1, -0.05) is 0 Å². The summed E-state index contributed by atoms with van der Waals surface area (Å²) in [4.78, 5) is 0. The van der Waals surface area contributed by atoms with Crippen LogP contribution in [-0.4, -0.2) is 38.7 Å². The standard InChI is InChI=1S/C4H12N2O3S/c5-10(8,9)3-4(7)1-6-2-4/h6-9H,1-3,5H2. The summed E-state index contributed by atoms with van der Waals surface area (Å²) in [6.45, 7) is 0.778. The van der Waals surface area contributed by atoms with Crippen molar-refractivity contribution in [3.8, 4) is 0 Å². The average molecular weight is 168 g/mol. The molecule has 1 fully saturated rings. The van der Waals surface area contributed by atoms with E-state index in [2.05, 4.69) is 5.32 Å². The van der Waals surface area contributed by atoms with E-state index in [-0.39, 0.29) is 5.75 Å². The zero-order chi connectivity index (χ0) is 7.83. The highest BCUT2D eigenvalue weighted by Gasteiger charge is 2.37. The third-order valence-electron chi connectivity index (χ3n) is 1.39. The van der Waals surface area contributed by atoms with Gasteiger partial charge in [0.1, 0.15) is 5.60 Å². The van der Waals surface area contributed by atoms with Crippen LogP contribution in [-0.2, 0) is 0 Å². The van der Waals surface area contributed by atoms with E-state index in [4.69, 9.17) is 14.2 Å². The Labute approximate surface area is 60.7 Å². The molecule has 0 aromatic rings. The predicted molar refractivity (Wildman–Crippen MR) is 39.7 cm³/mol. The summed E-state index contributed by atoms with van der Waals surface area (Å²) >= 11 is 0. The molecule has 62 valence electrons. The number of nitrogens with two attached hydrogens (primary N) is 1. The Balaban J connectivity index is 2.37. The van der Waals surface area contributed by atoms with Crippen LogP contribution in [0.15, 0.2) is 0 Å². The maximum atomic E-state index is 9.30. The van der Waals surface area contributed by atoms with Crippen LogP contribution >= 0.6 is 10.8 Å². The van der Waals surface area contributed by atoms with Crippen molar-refractivity contribution in [2.75, 3.05) is 18.8 Å². The summed E-state index contributed by atoms with van der Waals surface area (Å²) in [7, 11) is -3.03. The molecule has 1 heterocycles. The quantitative estimate of drug-likeness (QED) is 0.362. The van der Waals surface area contributed by atoms with Gasteiger partial charge in [0, 0.05) is 13.1 Å². The zero-order valence-corrected chi connectivity index (χ0v) is 6.27. The molecule has 1 aliphatic heterocycles. The van der Waals surface area contributed by atoms with E-state index in [0.717, 1.165) is 0 Å². The Hall–Kier alpha value is 0.150. The molecule has 0 aromatic heterocycles. The number of rotatable bonds is 2. The fraction of sp³-hybridized carbons (Fsp3) is 1.00.